The Morgan fingerprint density at radius 1 is 1.07 bits per heavy atom. The van der Waals surface area contributed by atoms with Crippen LogP contribution in [0.1, 0.15) is 29.5 Å². The predicted octanol–water partition coefficient (Wildman–Crippen LogP) is 2.40. The molecule has 0 saturated carbocycles. The molecule has 1 N–H and O–H groups in total. The normalized spacial score (nSPS) is 14.6. The van der Waals surface area contributed by atoms with Crippen LogP contribution in [0.25, 0.3) is 0 Å². The molecule has 0 bridgehead atoms. The molecule has 0 aliphatic carbocycles. The summed E-state index contributed by atoms with van der Waals surface area (Å²) in [6.45, 7) is 1.05. The summed E-state index contributed by atoms with van der Waals surface area (Å²) >= 11 is 0. The van der Waals surface area contributed by atoms with Gasteiger partial charge in [0.2, 0.25) is 15.9 Å². The molecule has 3 rings (SSSR count). The molecule has 2 aromatic carbocycles. The van der Waals surface area contributed by atoms with Crippen LogP contribution >= 0.6 is 0 Å². The molecule has 1 saturated heterocycles. The van der Waals surface area contributed by atoms with Crippen molar-refractivity contribution in [3.8, 4) is 0 Å². The lowest BCUT2D eigenvalue weighted by atomic mass is 10.1. The monoisotopic (exact) mass is 416 g/mol. The summed E-state index contributed by atoms with van der Waals surface area (Å²) < 4.78 is 26.0. The number of anilines is 1. The molecule has 154 valence electrons. The zero-order valence-corrected chi connectivity index (χ0v) is 17.1. The Labute approximate surface area is 170 Å². The highest BCUT2D eigenvalue weighted by Gasteiger charge is 2.22. The van der Waals surface area contributed by atoms with Gasteiger partial charge in [-0.15, -0.1) is 0 Å². The Hall–Kier alpha value is -2.71. The highest BCUT2D eigenvalue weighted by Crippen LogP contribution is 2.23. The van der Waals surface area contributed by atoms with Crippen LogP contribution in [-0.4, -0.2) is 42.5 Å². The summed E-state index contributed by atoms with van der Waals surface area (Å²) in [6, 6.07) is 14.3. The van der Waals surface area contributed by atoms with E-state index in [1.807, 2.05) is 24.3 Å². The van der Waals surface area contributed by atoms with E-state index in [0.717, 1.165) is 29.5 Å². The van der Waals surface area contributed by atoms with Gasteiger partial charge in [-0.3, -0.25) is 9.59 Å². The number of carboxylic acids is 1. The number of carbonyl (C=O) groups excluding carboxylic acids is 1. The van der Waals surface area contributed by atoms with Crippen molar-refractivity contribution in [1.82, 2.24) is 4.31 Å². The number of sulfonamides is 1. The quantitative estimate of drug-likeness (QED) is 0.713. The van der Waals surface area contributed by atoms with Crippen LogP contribution in [0.5, 0.6) is 0 Å². The summed E-state index contributed by atoms with van der Waals surface area (Å²) in [5, 5.41) is 8.95. The second-order valence-corrected chi connectivity index (χ2v) is 9.22. The average molecular weight is 416 g/mol. The first-order valence-corrected chi connectivity index (χ1v) is 11.2. The number of amides is 1. The number of hydrogen-bond donors (Lipinski definition) is 1. The van der Waals surface area contributed by atoms with E-state index < -0.39 is 16.0 Å². The molecule has 2 aromatic rings. The summed E-state index contributed by atoms with van der Waals surface area (Å²) in [6.07, 6.45) is 2.46. The van der Waals surface area contributed by atoms with Crippen LogP contribution in [0, 0.1) is 0 Å². The lowest BCUT2D eigenvalue weighted by Gasteiger charge is -2.21. The van der Waals surface area contributed by atoms with Crippen molar-refractivity contribution < 1.29 is 23.1 Å². The SMILES string of the molecule is CS(=O)(=O)N(Cc1ccc(N2CCCC2=O)cc1)Cc1cccc(CC(=O)O)c1. The number of carboxylic acid groups (broad SMARTS) is 1. The highest BCUT2D eigenvalue weighted by molar-refractivity contribution is 7.88. The zero-order valence-electron chi connectivity index (χ0n) is 16.2. The molecule has 1 aliphatic heterocycles. The van der Waals surface area contributed by atoms with Gasteiger partial charge in [-0.05, 0) is 35.2 Å². The van der Waals surface area contributed by atoms with E-state index >= 15 is 0 Å². The van der Waals surface area contributed by atoms with Crippen LogP contribution in [0.2, 0.25) is 0 Å². The molecular formula is C21H24N2O5S. The van der Waals surface area contributed by atoms with E-state index in [4.69, 9.17) is 5.11 Å². The van der Waals surface area contributed by atoms with E-state index in [1.165, 1.54) is 4.31 Å². The van der Waals surface area contributed by atoms with Gasteiger partial charge in [0.25, 0.3) is 0 Å². The van der Waals surface area contributed by atoms with E-state index in [0.29, 0.717) is 18.5 Å². The molecule has 0 aromatic heterocycles. The fraction of sp³-hybridized carbons (Fsp3) is 0.333. The third-order valence-corrected chi connectivity index (χ3v) is 6.05. The van der Waals surface area contributed by atoms with Gasteiger partial charge in [0, 0.05) is 31.7 Å². The highest BCUT2D eigenvalue weighted by atomic mass is 32.2. The van der Waals surface area contributed by atoms with Crippen molar-refractivity contribution >= 4 is 27.6 Å². The molecule has 29 heavy (non-hydrogen) atoms. The number of benzene rings is 2. The Bertz CT molecular complexity index is 1000. The first kappa shape index (κ1) is 21.0. The molecule has 1 fully saturated rings. The minimum atomic E-state index is -3.48. The number of hydrogen-bond acceptors (Lipinski definition) is 4. The lowest BCUT2D eigenvalue weighted by molar-refractivity contribution is -0.136. The van der Waals surface area contributed by atoms with E-state index in [2.05, 4.69) is 0 Å². The van der Waals surface area contributed by atoms with Crippen molar-refractivity contribution in [3.05, 3.63) is 65.2 Å². The van der Waals surface area contributed by atoms with Crippen LogP contribution < -0.4 is 4.90 Å². The topological polar surface area (TPSA) is 95.0 Å². The molecule has 1 amide bonds. The number of aliphatic carboxylic acids is 1. The Balaban J connectivity index is 1.75. The van der Waals surface area contributed by atoms with Crippen LogP contribution in [-0.2, 0) is 39.1 Å². The third-order valence-electron chi connectivity index (χ3n) is 4.86. The molecule has 0 spiro atoms. The molecule has 8 heteroatoms. The van der Waals surface area contributed by atoms with Gasteiger partial charge in [-0.1, -0.05) is 36.4 Å². The van der Waals surface area contributed by atoms with Crippen molar-refractivity contribution in [1.29, 1.82) is 0 Å². The summed E-state index contributed by atoms with van der Waals surface area (Å²) in [5.74, 6) is -0.824. The Kier molecular flexibility index (Phi) is 6.34. The molecule has 1 heterocycles. The molecular weight excluding hydrogens is 392 g/mol. The first-order chi connectivity index (χ1) is 13.7. The fourth-order valence-electron chi connectivity index (χ4n) is 3.41. The Morgan fingerprint density at radius 3 is 2.31 bits per heavy atom. The lowest BCUT2D eigenvalue weighted by Crippen LogP contribution is -2.29. The van der Waals surface area contributed by atoms with Crippen molar-refractivity contribution in [3.63, 3.8) is 0 Å². The van der Waals surface area contributed by atoms with Crippen LogP contribution in [0.3, 0.4) is 0 Å². The maximum absolute atomic E-state index is 12.3. The molecule has 0 unspecified atom stereocenters. The predicted molar refractivity (Wildman–Crippen MR) is 110 cm³/mol. The molecule has 0 atom stereocenters. The van der Waals surface area contributed by atoms with Gasteiger partial charge >= 0.3 is 5.97 Å². The van der Waals surface area contributed by atoms with Crippen molar-refractivity contribution in [2.45, 2.75) is 32.4 Å². The summed E-state index contributed by atoms with van der Waals surface area (Å²) in [4.78, 5) is 24.5. The minimum absolute atomic E-state index is 0.108. The van der Waals surface area contributed by atoms with Gasteiger partial charge < -0.3 is 10.0 Å². The van der Waals surface area contributed by atoms with Gasteiger partial charge in [-0.2, -0.15) is 4.31 Å². The average Bonchev–Trinajstić information content (AvgIpc) is 3.07. The number of nitrogens with zero attached hydrogens (tertiary/aromatic N) is 2. The van der Waals surface area contributed by atoms with Gasteiger partial charge in [-0.25, -0.2) is 8.42 Å². The minimum Gasteiger partial charge on any atom is -0.481 e. The number of carbonyl (C=O) groups is 2. The molecule has 7 nitrogen and oxygen atoms in total. The van der Waals surface area contributed by atoms with Gasteiger partial charge in [0.05, 0.1) is 12.7 Å². The van der Waals surface area contributed by atoms with Crippen LogP contribution in [0.15, 0.2) is 48.5 Å². The van der Waals surface area contributed by atoms with Crippen molar-refractivity contribution in [2.24, 2.45) is 0 Å². The largest absolute Gasteiger partial charge is 0.481 e. The summed E-state index contributed by atoms with van der Waals surface area (Å²) in [7, 11) is -3.48. The van der Waals surface area contributed by atoms with Crippen LogP contribution in [0.4, 0.5) is 5.69 Å². The summed E-state index contributed by atoms with van der Waals surface area (Å²) in [5.41, 5.74) is 2.99. The standard InChI is InChI=1S/C21H24N2O5S/c1-29(27,28)22(15-18-5-2-4-17(12-18)13-21(25)26)14-16-7-9-19(10-8-16)23-11-3-6-20(23)24/h2,4-5,7-10,12H,3,6,11,13-15H2,1H3,(H,25,26). The van der Waals surface area contributed by atoms with Gasteiger partial charge in [0.1, 0.15) is 0 Å². The third kappa shape index (κ3) is 5.65. The smallest absolute Gasteiger partial charge is 0.307 e. The second-order valence-electron chi connectivity index (χ2n) is 7.24. The Morgan fingerprint density at radius 2 is 1.72 bits per heavy atom. The zero-order chi connectivity index (χ0) is 21.0. The second kappa shape index (κ2) is 8.75. The van der Waals surface area contributed by atoms with E-state index in [-0.39, 0.29) is 25.4 Å². The number of rotatable bonds is 8. The molecule has 1 aliphatic rings. The maximum atomic E-state index is 12.3. The fourth-order valence-corrected chi connectivity index (χ4v) is 4.18. The first-order valence-electron chi connectivity index (χ1n) is 9.36. The van der Waals surface area contributed by atoms with E-state index in [1.54, 1.807) is 29.2 Å². The van der Waals surface area contributed by atoms with Gasteiger partial charge in [0.15, 0.2) is 0 Å². The van der Waals surface area contributed by atoms with Crippen molar-refractivity contribution in [2.75, 3.05) is 17.7 Å². The maximum Gasteiger partial charge on any atom is 0.307 e. The molecule has 0 radical (unpaired) electrons. The van der Waals surface area contributed by atoms with E-state index in [9.17, 15) is 18.0 Å².